The van der Waals surface area contributed by atoms with Crippen molar-refractivity contribution in [3.63, 3.8) is 0 Å². The highest BCUT2D eigenvalue weighted by Crippen LogP contribution is 2.18. The minimum Gasteiger partial charge on any atom is -0.368 e. The number of amides is 1. The second-order valence-electron chi connectivity index (χ2n) is 4.46. The molecule has 0 aromatic heterocycles. The molecule has 3 N–H and O–H groups in total. The van der Waals surface area contributed by atoms with Gasteiger partial charge in [-0.1, -0.05) is 28.9 Å². The Labute approximate surface area is 112 Å². The first-order valence-corrected chi connectivity index (χ1v) is 6.17. The summed E-state index contributed by atoms with van der Waals surface area (Å²) in [6.07, 6.45) is 0.665. The van der Waals surface area contributed by atoms with E-state index < -0.39 is 11.9 Å². The van der Waals surface area contributed by atoms with Crippen LogP contribution in [0.15, 0.2) is 23.3 Å². The molecule has 0 radical (unpaired) electrons. The van der Waals surface area contributed by atoms with E-state index in [0.29, 0.717) is 19.5 Å². The van der Waals surface area contributed by atoms with Crippen molar-refractivity contribution in [2.75, 3.05) is 13.1 Å². The van der Waals surface area contributed by atoms with E-state index in [2.05, 4.69) is 15.3 Å². The van der Waals surface area contributed by atoms with Crippen molar-refractivity contribution in [1.82, 2.24) is 5.32 Å². The van der Waals surface area contributed by atoms with Gasteiger partial charge >= 0.3 is 0 Å². The molecule has 0 aliphatic heterocycles. The predicted molar refractivity (Wildman–Crippen MR) is 74.5 cm³/mol. The number of benzene rings is 1. The normalized spacial score (nSPS) is 11.7. The van der Waals surface area contributed by atoms with Gasteiger partial charge in [-0.05, 0) is 43.5 Å². The smallest absolute Gasteiger partial charge is 0.239 e. The average Bonchev–Trinajstić information content (AvgIpc) is 2.35. The lowest BCUT2D eigenvalue weighted by Crippen LogP contribution is -2.34. The van der Waals surface area contributed by atoms with Crippen molar-refractivity contribution in [2.24, 2.45) is 10.8 Å². The van der Waals surface area contributed by atoms with Gasteiger partial charge in [0.05, 0.1) is 0 Å². The zero-order valence-electron chi connectivity index (χ0n) is 11.3. The maximum Gasteiger partial charge on any atom is 0.239 e. The number of nitrogens with two attached hydrogens (primary N) is 1. The highest BCUT2D eigenvalue weighted by atomic mass is 16.1. The van der Waals surface area contributed by atoms with Crippen molar-refractivity contribution >= 4 is 5.91 Å². The van der Waals surface area contributed by atoms with Gasteiger partial charge in [0.1, 0.15) is 6.04 Å². The first-order chi connectivity index (χ1) is 9.06. The second kappa shape index (κ2) is 7.41. The molecule has 1 aromatic carbocycles. The molecule has 6 heteroatoms. The molecule has 0 aliphatic rings. The number of carbonyl (C=O) groups excluding carboxylic acids is 1. The summed E-state index contributed by atoms with van der Waals surface area (Å²) in [5.41, 5.74) is 16.7. The predicted octanol–water partition coefficient (Wildman–Crippen LogP) is 2.12. The number of nitrogens with zero attached hydrogens (tertiary/aromatic N) is 3. The first kappa shape index (κ1) is 15.0. The van der Waals surface area contributed by atoms with E-state index in [1.807, 2.05) is 32.0 Å². The Kier molecular flexibility index (Phi) is 5.85. The fourth-order valence-electron chi connectivity index (χ4n) is 1.95. The molecule has 1 atom stereocenters. The Morgan fingerprint density at radius 2 is 2.26 bits per heavy atom. The van der Waals surface area contributed by atoms with Crippen LogP contribution in [-0.2, 0) is 4.79 Å². The molecule has 19 heavy (non-hydrogen) atoms. The zero-order chi connectivity index (χ0) is 14.3. The average molecular weight is 261 g/mol. The van der Waals surface area contributed by atoms with Crippen LogP contribution in [-0.4, -0.2) is 19.0 Å². The summed E-state index contributed by atoms with van der Waals surface area (Å²) in [5.74, 6) is -0.407. The van der Waals surface area contributed by atoms with Crippen molar-refractivity contribution < 1.29 is 4.79 Å². The summed E-state index contributed by atoms with van der Waals surface area (Å²) in [5, 5.41) is 6.54. The molecule has 1 unspecified atom stereocenters. The van der Waals surface area contributed by atoms with E-state index in [1.54, 1.807) is 0 Å². The Morgan fingerprint density at radius 1 is 1.53 bits per heavy atom. The van der Waals surface area contributed by atoms with Crippen molar-refractivity contribution in [3.8, 4) is 0 Å². The number of rotatable bonds is 7. The SMILES string of the molecule is Cc1ccc(C(NCCCN=[N+]=[N-])C(N)=O)c(C)c1. The minimum absolute atomic E-state index is 0.405. The summed E-state index contributed by atoms with van der Waals surface area (Å²) in [6.45, 7) is 4.94. The minimum atomic E-state index is -0.508. The third-order valence-electron chi connectivity index (χ3n) is 2.87. The molecule has 0 saturated carbocycles. The highest BCUT2D eigenvalue weighted by molar-refractivity contribution is 5.81. The van der Waals surface area contributed by atoms with Crippen LogP contribution in [0.2, 0.25) is 0 Å². The van der Waals surface area contributed by atoms with Crippen molar-refractivity contribution in [2.45, 2.75) is 26.3 Å². The summed E-state index contributed by atoms with van der Waals surface area (Å²) in [4.78, 5) is 14.2. The van der Waals surface area contributed by atoms with Crippen molar-refractivity contribution in [3.05, 3.63) is 45.3 Å². The number of hydrogen-bond donors (Lipinski definition) is 2. The Morgan fingerprint density at radius 3 is 2.84 bits per heavy atom. The third-order valence-corrected chi connectivity index (χ3v) is 2.87. The third kappa shape index (κ3) is 4.62. The van der Waals surface area contributed by atoms with Crippen LogP contribution < -0.4 is 11.1 Å². The van der Waals surface area contributed by atoms with Gasteiger partial charge in [-0.15, -0.1) is 0 Å². The summed E-state index contributed by atoms with van der Waals surface area (Å²) < 4.78 is 0. The van der Waals surface area contributed by atoms with E-state index >= 15 is 0 Å². The molecule has 1 aromatic rings. The van der Waals surface area contributed by atoms with Crippen LogP contribution in [0.25, 0.3) is 10.4 Å². The van der Waals surface area contributed by atoms with Crippen LogP contribution >= 0.6 is 0 Å². The molecule has 0 spiro atoms. The van der Waals surface area contributed by atoms with Gasteiger partial charge in [0.2, 0.25) is 5.91 Å². The summed E-state index contributed by atoms with van der Waals surface area (Å²) in [6, 6.07) is 5.39. The molecule has 1 rings (SSSR count). The van der Waals surface area contributed by atoms with E-state index in [9.17, 15) is 4.79 Å². The second-order valence-corrected chi connectivity index (χ2v) is 4.46. The van der Waals surface area contributed by atoms with Crippen LogP contribution in [0.3, 0.4) is 0 Å². The fraction of sp³-hybridized carbons (Fsp3) is 0.462. The maximum atomic E-state index is 11.5. The lowest BCUT2D eigenvalue weighted by atomic mass is 9.98. The summed E-state index contributed by atoms with van der Waals surface area (Å²) >= 11 is 0. The number of aryl methyl sites for hydroxylation is 2. The lowest BCUT2D eigenvalue weighted by molar-refractivity contribution is -0.120. The number of azide groups is 1. The fourth-order valence-corrected chi connectivity index (χ4v) is 1.95. The molecule has 0 heterocycles. The molecule has 0 saturated heterocycles. The first-order valence-electron chi connectivity index (χ1n) is 6.17. The molecule has 1 amide bonds. The van der Waals surface area contributed by atoms with Crippen molar-refractivity contribution in [1.29, 1.82) is 0 Å². The van der Waals surface area contributed by atoms with E-state index in [0.717, 1.165) is 16.7 Å². The van der Waals surface area contributed by atoms with Crippen LogP contribution in [0.4, 0.5) is 0 Å². The number of nitrogens with one attached hydrogen (secondary N) is 1. The Hall–Kier alpha value is -2.04. The van der Waals surface area contributed by atoms with Gasteiger partial charge in [0.15, 0.2) is 0 Å². The maximum absolute atomic E-state index is 11.5. The van der Waals surface area contributed by atoms with Gasteiger partial charge in [-0.3, -0.25) is 4.79 Å². The molecule has 0 aliphatic carbocycles. The highest BCUT2D eigenvalue weighted by Gasteiger charge is 2.18. The molecular formula is C13H19N5O. The number of carbonyl (C=O) groups is 1. The van der Waals surface area contributed by atoms with Crippen LogP contribution in [0.1, 0.15) is 29.2 Å². The van der Waals surface area contributed by atoms with E-state index in [1.165, 1.54) is 0 Å². The largest absolute Gasteiger partial charge is 0.368 e. The van der Waals surface area contributed by atoms with E-state index in [4.69, 9.17) is 11.3 Å². The van der Waals surface area contributed by atoms with Gasteiger partial charge in [0, 0.05) is 11.5 Å². The zero-order valence-corrected chi connectivity index (χ0v) is 11.3. The quantitative estimate of drug-likeness (QED) is 0.339. The molecule has 0 fully saturated rings. The van der Waals surface area contributed by atoms with E-state index in [-0.39, 0.29) is 0 Å². The standard InChI is InChI=1S/C13H19N5O/c1-9-4-5-11(10(2)8-9)12(13(14)19)16-6-3-7-17-18-15/h4-5,8,12,16H,3,6-7H2,1-2H3,(H2,14,19). The Balaban J connectivity index is 2.71. The molecular weight excluding hydrogens is 242 g/mol. The van der Waals surface area contributed by atoms with Crippen LogP contribution in [0.5, 0.6) is 0 Å². The lowest BCUT2D eigenvalue weighted by Gasteiger charge is -2.18. The number of primary amides is 1. The van der Waals surface area contributed by atoms with Gasteiger partial charge in [0.25, 0.3) is 0 Å². The Bertz CT molecular complexity index is 494. The van der Waals surface area contributed by atoms with Gasteiger partial charge in [-0.25, -0.2) is 0 Å². The number of hydrogen-bond acceptors (Lipinski definition) is 3. The summed E-state index contributed by atoms with van der Waals surface area (Å²) in [7, 11) is 0. The molecule has 6 nitrogen and oxygen atoms in total. The molecule has 0 bridgehead atoms. The van der Waals surface area contributed by atoms with Gasteiger partial charge < -0.3 is 11.1 Å². The topological polar surface area (TPSA) is 104 Å². The molecule has 102 valence electrons. The monoisotopic (exact) mass is 261 g/mol. The van der Waals surface area contributed by atoms with Crippen LogP contribution in [0, 0.1) is 13.8 Å². The van der Waals surface area contributed by atoms with Gasteiger partial charge in [-0.2, -0.15) is 0 Å².